The van der Waals surface area contributed by atoms with Gasteiger partial charge in [0.1, 0.15) is 13.2 Å². The molecule has 0 unspecified atom stereocenters. The number of carbonyl (C=O) groups is 2. The molecule has 0 amide bonds. The molecule has 1 aromatic heterocycles. The Morgan fingerprint density at radius 3 is 2.78 bits per heavy atom. The number of hydrogen-bond acceptors (Lipinski definition) is 6. The highest BCUT2D eigenvalue weighted by Gasteiger charge is 2.14. The molecule has 120 valence electrons. The molecule has 3 rings (SSSR count). The third-order valence-corrected chi connectivity index (χ3v) is 4.10. The molecule has 0 fully saturated rings. The maximum Gasteiger partial charge on any atom is 0.316 e. The van der Waals surface area contributed by atoms with Crippen molar-refractivity contribution in [2.45, 2.75) is 4.90 Å². The third kappa shape index (κ3) is 4.07. The van der Waals surface area contributed by atoms with Gasteiger partial charge >= 0.3 is 5.97 Å². The number of Topliss-reactive ketones (excluding diaryl/α,β-unsaturated/α-hetero) is 1. The molecule has 0 spiro atoms. The van der Waals surface area contributed by atoms with Crippen molar-refractivity contribution in [3.8, 4) is 11.5 Å². The number of aromatic amines is 1. The van der Waals surface area contributed by atoms with Crippen molar-refractivity contribution in [3.05, 3.63) is 42.2 Å². The van der Waals surface area contributed by atoms with E-state index >= 15 is 0 Å². The van der Waals surface area contributed by atoms with E-state index in [2.05, 4.69) is 4.98 Å². The minimum Gasteiger partial charge on any atom is -0.486 e. The van der Waals surface area contributed by atoms with E-state index in [9.17, 15) is 9.59 Å². The number of thioether (sulfide) groups is 1. The van der Waals surface area contributed by atoms with Crippen LogP contribution in [0, 0.1) is 0 Å². The molecule has 0 aliphatic carbocycles. The molecular weight excluding hydrogens is 318 g/mol. The molecule has 23 heavy (non-hydrogen) atoms. The zero-order chi connectivity index (χ0) is 16.1. The van der Waals surface area contributed by atoms with E-state index in [0.717, 1.165) is 4.90 Å². The Kier molecular flexibility index (Phi) is 4.87. The Morgan fingerprint density at radius 2 is 2.00 bits per heavy atom. The largest absolute Gasteiger partial charge is 0.486 e. The number of nitrogens with one attached hydrogen (secondary N) is 1. The second kappa shape index (κ2) is 7.23. The average molecular weight is 333 g/mol. The van der Waals surface area contributed by atoms with E-state index in [1.165, 1.54) is 11.8 Å². The van der Waals surface area contributed by atoms with Crippen LogP contribution in [0.1, 0.15) is 10.5 Å². The lowest BCUT2D eigenvalue weighted by Gasteiger charge is -2.18. The Morgan fingerprint density at radius 1 is 1.17 bits per heavy atom. The summed E-state index contributed by atoms with van der Waals surface area (Å²) in [4.78, 5) is 27.1. The van der Waals surface area contributed by atoms with Gasteiger partial charge in [-0.1, -0.05) is 0 Å². The number of ether oxygens (including phenoxy) is 3. The molecule has 1 aromatic carbocycles. The van der Waals surface area contributed by atoms with Gasteiger partial charge in [0.05, 0.1) is 11.4 Å². The highest BCUT2D eigenvalue weighted by atomic mass is 32.2. The van der Waals surface area contributed by atoms with E-state index in [1.807, 2.05) is 18.2 Å². The van der Waals surface area contributed by atoms with Crippen LogP contribution in [0.3, 0.4) is 0 Å². The molecule has 1 aliphatic heterocycles. The number of ketones is 1. The summed E-state index contributed by atoms with van der Waals surface area (Å²) in [5.41, 5.74) is 0.428. The third-order valence-electron chi connectivity index (χ3n) is 3.13. The van der Waals surface area contributed by atoms with Gasteiger partial charge in [0.25, 0.3) is 0 Å². The number of esters is 1. The number of H-pyrrole nitrogens is 1. The molecule has 0 saturated carbocycles. The lowest BCUT2D eigenvalue weighted by atomic mass is 10.3. The molecule has 1 aliphatic rings. The van der Waals surface area contributed by atoms with Crippen LogP contribution in [0.4, 0.5) is 0 Å². The number of carbonyl (C=O) groups excluding carboxylic acids is 2. The van der Waals surface area contributed by atoms with Crippen LogP contribution in [0.5, 0.6) is 11.5 Å². The van der Waals surface area contributed by atoms with Crippen LogP contribution < -0.4 is 9.47 Å². The van der Waals surface area contributed by atoms with Crippen molar-refractivity contribution in [2.75, 3.05) is 25.6 Å². The van der Waals surface area contributed by atoms with Crippen molar-refractivity contribution >= 4 is 23.5 Å². The normalized spacial score (nSPS) is 12.7. The molecule has 0 radical (unpaired) electrons. The predicted octanol–water partition coefficient (Wildman–Crippen LogP) is 2.30. The first-order valence-corrected chi connectivity index (χ1v) is 8.05. The van der Waals surface area contributed by atoms with E-state index in [-0.39, 0.29) is 18.1 Å². The number of fused-ring (bicyclic) bond motifs is 1. The van der Waals surface area contributed by atoms with Gasteiger partial charge in [-0.2, -0.15) is 0 Å². The zero-order valence-corrected chi connectivity index (χ0v) is 13.1. The van der Waals surface area contributed by atoms with Crippen molar-refractivity contribution in [1.82, 2.24) is 4.98 Å². The predicted molar refractivity (Wildman–Crippen MR) is 84.2 cm³/mol. The molecule has 2 aromatic rings. The van der Waals surface area contributed by atoms with Crippen LogP contribution in [0.25, 0.3) is 0 Å². The van der Waals surface area contributed by atoms with Crippen LogP contribution in [-0.2, 0) is 9.53 Å². The van der Waals surface area contributed by atoms with Crippen molar-refractivity contribution in [1.29, 1.82) is 0 Å². The summed E-state index contributed by atoms with van der Waals surface area (Å²) in [5.74, 6) is 0.811. The van der Waals surface area contributed by atoms with Crippen LogP contribution >= 0.6 is 11.8 Å². The van der Waals surface area contributed by atoms with Gasteiger partial charge in [0, 0.05) is 11.1 Å². The fourth-order valence-corrected chi connectivity index (χ4v) is 2.75. The zero-order valence-electron chi connectivity index (χ0n) is 12.2. The molecule has 7 heteroatoms. The minimum atomic E-state index is -0.440. The Labute approximate surface area is 137 Å². The number of benzene rings is 1. The lowest BCUT2D eigenvalue weighted by molar-refractivity contribution is -0.139. The molecule has 2 heterocycles. The summed E-state index contributed by atoms with van der Waals surface area (Å²) in [6, 6.07) is 8.86. The van der Waals surface area contributed by atoms with E-state index in [0.29, 0.717) is 30.4 Å². The summed E-state index contributed by atoms with van der Waals surface area (Å²) in [6.45, 7) is 0.797. The Bertz CT molecular complexity index is 699. The number of aromatic nitrogens is 1. The first kappa shape index (κ1) is 15.5. The fourth-order valence-electron chi connectivity index (χ4n) is 2.02. The topological polar surface area (TPSA) is 77.6 Å². The van der Waals surface area contributed by atoms with Crippen molar-refractivity contribution < 1.29 is 23.8 Å². The smallest absolute Gasteiger partial charge is 0.316 e. The maximum absolute atomic E-state index is 11.7. The Balaban J connectivity index is 1.46. The Hall–Kier alpha value is -2.41. The van der Waals surface area contributed by atoms with Gasteiger partial charge in [-0.05, 0) is 30.3 Å². The second-order valence-electron chi connectivity index (χ2n) is 4.76. The summed E-state index contributed by atoms with van der Waals surface area (Å²) in [5, 5.41) is 0. The quantitative estimate of drug-likeness (QED) is 0.496. The highest BCUT2D eigenvalue weighted by Crippen LogP contribution is 2.34. The molecule has 0 bridgehead atoms. The summed E-state index contributed by atoms with van der Waals surface area (Å²) in [6.07, 6.45) is 1.65. The minimum absolute atomic E-state index is 0.123. The standard InChI is InChI=1S/C16H15NO5S/c18-13(12-2-1-5-17-12)9-22-16(19)10-23-11-3-4-14-15(8-11)21-7-6-20-14/h1-5,8,17H,6-7,9-10H2. The fraction of sp³-hybridized carbons (Fsp3) is 0.250. The monoisotopic (exact) mass is 333 g/mol. The maximum atomic E-state index is 11.7. The van der Waals surface area contributed by atoms with E-state index < -0.39 is 5.97 Å². The first-order valence-electron chi connectivity index (χ1n) is 7.07. The number of rotatable bonds is 6. The first-order chi connectivity index (χ1) is 11.2. The van der Waals surface area contributed by atoms with Gasteiger partial charge in [-0.3, -0.25) is 9.59 Å². The lowest BCUT2D eigenvalue weighted by Crippen LogP contribution is -2.16. The molecule has 6 nitrogen and oxygen atoms in total. The van der Waals surface area contributed by atoms with Gasteiger partial charge in [-0.25, -0.2) is 0 Å². The number of hydrogen-bond donors (Lipinski definition) is 1. The van der Waals surface area contributed by atoms with Crippen molar-refractivity contribution in [3.63, 3.8) is 0 Å². The average Bonchev–Trinajstić information content (AvgIpc) is 3.12. The van der Waals surface area contributed by atoms with Gasteiger partial charge < -0.3 is 19.2 Å². The van der Waals surface area contributed by atoms with Crippen LogP contribution in [0.2, 0.25) is 0 Å². The highest BCUT2D eigenvalue weighted by molar-refractivity contribution is 8.00. The van der Waals surface area contributed by atoms with E-state index in [1.54, 1.807) is 18.3 Å². The van der Waals surface area contributed by atoms with Gasteiger partial charge in [0.2, 0.25) is 5.78 Å². The second-order valence-corrected chi connectivity index (χ2v) is 5.81. The SMILES string of the molecule is O=C(CSc1ccc2c(c1)OCCO2)OCC(=O)c1ccc[nH]1. The van der Waals surface area contributed by atoms with Crippen LogP contribution in [-0.4, -0.2) is 42.3 Å². The van der Waals surface area contributed by atoms with Gasteiger partial charge in [0.15, 0.2) is 18.1 Å². The summed E-state index contributed by atoms with van der Waals surface area (Å²) < 4.78 is 15.9. The molecule has 0 saturated heterocycles. The molecule has 0 atom stereocenters. The summed E-state index contributed by atoms with van der Waals surface area (Å²) >= 11 is 1.32. The van der Waals surface area contributed by atoms with E-state index in [4.69, 9.17) is 14.2 Å². The molecular formula is C16H15NO5S. The molecule has 1 N–H and O–H groups in total. The summed E-state index contributed by atoms with van der Waals surface area (Å²) in [7, 11) is 0. The van der Waals surface area contributed by atoms with Crippen molar-refractivity contribution in [2.24, 2.45) is 0 Å². The van der Waals surface area contributed by atoms with Gasteiger partial charge in [-0.15, -0.1) is 11.8 Å². The van der Waals surface area contributed by atoms with Crippen LogP contribution in [0.15, 0.2) is 41.4 Å².